The zero-order valence-electron chi connectivity index (χ0n) is 12.1. The van der Waals surface area contributed by atoms with Crippen molar-refractivity contribution in [1.29, 1.82) is 0 Å². The molecule has 2 aromatic rings. The number of hydrogen-bond donors (Lipinski definition) is 2. The molecule has 106 valence electrons. The van der Waals surface area contributed by atoms with E-state index in [1.807, 2.05) is 23.1 Å². The second-order valence-corrected chi connectivity index (χ2v) is 5.76. The molecule has 0 aliphatic rings. The third-order valence-electron chi connectivity index (χ3n) is 2.97. The number of hydrogen-bond acceptors (Lipinski definition) is 3. The van der Waals surface area contributed by atoms with Crippen LogP contribution in [0, 0.1) is 0 Å². The molecule has 20 heavy (non-hydrogen) atoms. The van der Waals surface area contributed by atoms with Gasteiger partial charge in [0.15, 0.2) is 0 Å². The Hall–Kier alpha value is -2.30. The lowest BCUT2D eigenvalue weighted by atomic mass is 10.1. The maximum absolute atomic E-state index is 11.1. The molecule has 2 rings (SSSR count). The van der Waals surface area contributed by atoms with Crippen LogP contribution >= 0.6 is 0 Å². The van der Waals surface area contributed by atoms with Crippen molar-refractivity contribution in [2.45, 2.75) is 32.9 Å². The summed E-state index contributed by atoms with van der Waals surface area (Å²) in [5.41, 5.74) is 7.69. The molecule has 0 bridgehead atoms. The molecular weight excluding hydrogens is 252 g/mol. The highest BCUT2D eigenvalue weighted by molar-refractivity contribution is 5.93. The number of carbonyl (C=O) groups is 1. The Kier molecular flexibility index (Phi) is 3.79. The van der Waals surface area contributed by atoms with Crippen LogP contribution in [0.4, 0.5) is 5.69 Å². The Labute approximate surface area is 118 Å². The number of nitrogens with one attached hydrogen (secondary N) is 1. The highest BCUT2D eigenvalue weighted by atomic mass is 16.1. The van der Waals surface area contributed by atoms with E-state index < -0.39 is 5.91 Å². The first-order chi connectivity index (χ1) is 9.36. The van der Waals surface area contributed by atoms with E-state index in [1.165, 1.54) is 0 Å². The Balaban J connectivity index is 2.04. The highest BCUT2D eigenvalue weighted by Gasteiger charge is 2.13. The average Bonchev–Trinajstić information content (AvgIpc) is 2.85. The van der Waals surface area contributed by atoms with Crippen molar-refractivity contribution < 1.29 is 4.79 Å². The topological polar surface area (TPSA) is 72.9 Å². The maximum atomic E-state index is 11.1. The number of amides is 1. The van der Waals surface area contributed by atoms with Gasteiger partial charge in [-0.3, -0.25) is 9.48 Å². The Morgan fingerprint density at radius 2 is 2.15 bits per heavy atom. The number of nitrogens with zero attached hydrogens (tertiary/aromatic N) is 2. The summed E-state index contributed by atoms with van der Waals surface area (Å²) in [6, 6.07) is 7.16. The predicted octanol–water partition coefficient (Wildman–Crippen LogP) is 2.35. The largest absolute Gasteiger partial charge is 0.381 e. The van der Waals surface area contributed by atoms with Crippen molar-refractivity contribution >= 4 is 11.6 Å². The van der Waals surface area contributed by atoms with Crippen LogP contribution in [0.25, 0.3) is 0 Å². The first kappa shape index (κ1) is 14.1. The molecule has 0 unspecified atom stereocenters. The minimum absolute atomic E-state index is 0.0237. The summed E-state index contributed by atoms with van der Waals surface area (Å²) in [6.07, 6.45) is 3.86. The fourth-order valence-electron chi connectivity index (χ4n) is 1.80. The Bertz CT molecular complexity index is 610. The van der Waals surface area contributed by atoms with Gasteiger partial charge in [-0.05, 0) is 39.0 Å². The first-order valence-electron chi connectivity index (χ1n) is 6.54. The highest BCUT2D eigenvalue weighted by Crippen LogP contribution is 2.15. The van der Waals surface area contributed by atoms with Gasteiger partial charge in [-0.2, -0.15) is 5.10 Å². The summed E-state index contributed by atoms with van der Waals surface area (Å²) in [6.45, 7) is 6.97. The van der Waals surface area contributed by atoms with E-state index in [4.69, 9.17) is 5.73 Å². The normalized spacial score (nSPS) is 11.3. The van der Waals surface area contributed by atoms with Gasteiger partial charge in [0.25, 0.3) is 0 Å². The predicted molar refractivity (Wildman–Crippen MR) is 79.5 cm³/mol. The van der Waals surface area contributed by atoms with Crippen LogP contribution in [0.5, 0.6) is 0 Å². The van der Waals surface area contributed by atoms with E-state index in [0.717, 1.165) is 11.3 Å². The lowest BCUT2D eigenvalue weighted by Gasteiger charge is -2.18. The molecule has 3 N–H and O–H groups in total. The molecule has 1 amide bonds. The van der Waals surface area contributed by atoms with Crippen LogP contribution in [0.2, 0.25) is 0 Å². The average molecular weight is 272 g/mol. The molecule has 1 aromatic carbocycles. The smallest absolute Gasteiger partial charge is 0.248 e. The van der Waals surface area contributed by atoms with Crippen molar-refractivity contribution in [3.05, 3.63) is 47.8 Å². The van der Waals surface area contributed by atoms with Crippen LogP contribution in [-0.4, -0.2) is 15.7 Å². The van der Waals surface area contributed by atoms with Gasteiger partial charge >= 0.3 is 0 Å². The quantitative estimate of drug-likeness (QED) is 0.897. The Morgan fingerprint density at radius 1 is 1.40 bits per heavy atom. The number of carbonyl (C=O) groups excluding carboxylic acids is 1. The molecule has 0 saturated carbocycles. The van der Waals surface area contributed by atoms with Crippen molar-refractivity contribution in [2.75, 3.05) is 5.32 Å². The molecular formula is C15H20N4O. The molecule has 0 radical (unpaired) electrons. The zero-order valence-corrected chi connectivity index (χ0v) is 12.1. The number of benzene rings is 1. The molecule has 0 aliphatic carbocycles. The molecule has 1 heterocycles. The van der Waals surface area contributed by atoms with Crippen molar-refractivity contribution in [2.24, 2.45) is 5.73 Å². The van der Waals surface area contributed by atoms with Gasteiger partial charge in [-0.25, -0.2) is 0 Å². The molecule has 0 saturated heterocycles. The van der Waals surface area contributed by atoms with Gasteiger partial charge in [-0.1, -0.05) is 6.07 Å². The summed E-state index contributed by atoms with van der Waals surface area (Å²) in [5, 5.41) is 7.61. The first-order valence-corrected chi connectivity index (χ1v) is 6.54. The lowest BCUT2D eigenvalue weighted by molar-refractivity contribution is 0.100. The number of rotatable bonds is 4. The lowest BCUT2D eigenvalue weighted by Crippen LogP contribution is -2.21. The summed E-state index contributed by atoms with van der Waals surface area (Å²) in [7, 11) is 0. The molecule has 5 nitrogen and oxygen atoms in total. The van der Waals surface area contributed by atoms with Crippen LogP contribution in [0.1, 0.15) is 36.7 Å². The minimum atomic E-state index is -0.422. The minimum Gasteiger partial charge on any atom is -0.381 e. The number of aromatic nitrogens is 2. The third kappa shape index (κ3) is 3.38. The molecule has 0 spiro atoms. The third-order valence-corrected chi connectivity index (χ3v) is 2.97. The van der Waals surface area contributed by atoms with Gasteiger partial charge < -0.3 is 11.1 Å². The van der Waals surface area contributed by atoms with Crippen molar-refractivity contribution in [3.63, 3.8) is 0 Å². The molecule has 0 aliphatic heterocycles. The molecule has 5 heteroatoms. The van der Waals surface area contributed by atoms with E-state index in [-0.39, 0.29) is 5.54 Å². The van der Waals surface area contributed by atoms with Gasteiger partial charge in [0, 0.05) is 29.6 Å². The fraction of sp³-hybridized carbons (Fsp3) is 0.333. The van der Waals surface area contributed by atoms with Crippen LogP contribution in [0.15, 0.2) is 36.7 Å². The fourth-order valence-corrected chi connectivity index (χ4v) is 1.80. The number of anilines is 1. The number of primary amides is 1. The summed E-state index contributed by atoms with van der Waals surface area (Å²) >= 11 is 0. The SMILES string of the molecule is CC(C)(C)n1cc(CNc2cccc(C(N)=O)c2)cn1. The van der Waals surface area contributed by atoms with Gasteiger partial charge in [0.2, 0.25) is 5.91 Å². The maximum Gasteiger partial charge on any atom is 0.248 e. The number of nitrogens with two attached hydrogens (primary N) is 1. The van der Waals surface area contributed by atoms with E-state index in [0.29, 0.717) is 12.1 Å². The van der Waals surface area contributed by atoms with Crippen LogP contribution in [-0.2, 0) is 12.1 Å². The second kappa shape index (κ2) is 5.36. The zero-order chi connectivity index (χ0) is 14.8. The monoisotopic (exact) mass is 272 g/mol. The summed E-state index contributed by atoms with van der Waals surface area (Å²) in [4.78, 5) is 11.1. The van der Waals surface area contributed by atoms with Gasteiger partial charge in [-0.15, -0.1) is 0 Å². The van der Waals surface area contributed by atoms with E-state index >= 15 is 0 Å². The molecule has 1 aromatic heterocycles. The van der Waals surface area contributed by atoms with E-state index in [1.54, 1.807) is 18.2 Å². The van der Waals surface area contributed by atoms with Crippen molar-refractivity contribution in [3.8, 4) is 0 Å². The van der Waals surface area contributed by atoms with Gasteiger partial charge in [0.1, 0.15) is 0 Å². The Morgan fingerprint density at radius 3 is 2.75 bits per heavy atom. The van der Waals surface area contributed by atoms with Gasteiger partial charge in [0.05, 0.1) is 11.7 Å². The van der Waals surface area contributed by atoms with Crippen molar-refractivity contribution in [1.82, 2.24) is 9.78 Å². The summed E-state index contributed by atoms with van der Waals surface area (Å²) in [5.74, 6) is -0.422. The second-order valence-electron chi connectivity index (χ2n) is 5.76. The van der Waals surface area contributed by atoms with E-state index in [9.17, 15) is 4.79 Å². The molecule has 0 fully saturated rings. The summed E-state index contributed by atoms with van der Waals surface area (Å²) < 4.78 is 1.93. The van der Waals surface area contributed by atoms with Crippen LogP contribution < -0.4 is 11.1 Å². The standard InChI is InChI=1S/C15H20N4O/c1-15(2,3)19-10-11(9-18-19)8-17-13-6-4-5-12(7-13)14(16)20/h4-7,9-10,17H,8H2,1-3H3,(H2,16,20). The van der Waals surface area contributed by atoms with E-state index in [2.05, 4.69) is 31.2 Å². The molecule has 0 atom stereocenters. The van der Waals surface area contributed by atoms with Crippen LogP contribution in [0.3, 0.4) is 0 Å².